The van der Waals surface area contributed by atoms with E-state index in [0.29, 0.717) is 22.8 Å². The Morgan fingerprint density at radius 2 is 1.52 bits per heavy atom. The van der Waals surface area contributed by atoms with Gasteiger partial charge in [-0.25, -0.2) is 9.59 Å². The molecule has 1 aliphatic rings. The molecule has 12 nitrogen and oxygen atoms in total. The molecule has 0 atom stereocenters. The van der Waals surface area contributed by atoms with Crippen LogP contribution in [-0.2, 0) is 15.3 Å². The third kappa shape index (κ3) is 7.52. The van der Waals surface area contributed by atoms with Gasteiger partial charge < -0.3 is 29.5 Å². The molecule has 5 rings (SSSR count). The number of amides is 2. The average molecular weight is 672 g/mol. The van der Waals surface area contributed by atoms with Crippen LogP contribution in [0.4, 0.5) is 16.2 Å². The van der Waals surface area contributed by atoms with Crippen LogP contribution >= 0.6 is 11.8 Å². The van der Waals surface area contributed by atoms with E-state index in [4.69, 9.17) is 14.2 Å². The highest BCUT2D eigenvalue weighted by Crippen LogP contribution is 2.44. The van der Waals surface area contributed by atoms with Gasteiger partial charge in [0.15, 0.2) is 11.5 Å². The van der Waals surface area contributed by atoms with Crippen molar-refractivity contribution < 1.29 is 38.6 Å². The Labute approximate surface area is 280 Å². The summed E-state index contributed by atoms with van der Waals surface area (Å²) >= 11 is 1.35. The maximum atomic E-state index is 13.4. The van der Waals surface area contributed by atoms with E-state index >= 15 is 0 Å². The minimum absolute atomic E-state index is 0.0537. The summed E-state index contributed by atoms with van der Waals surface area (Å²) in [5, 5.41) is 23.5. The monoisotopic (exact) mass is 671 g/mol. The van der Waals surface area contributed by atoms with E-state index in [1.54, 1.807) is 6.07 Å². The smallest absolute Gasteiger partial charge is 0.407 e. The number of benzene rings is 4. The van der Waals surface area contributed by atoms with E-state index < -0.39 is 22.9 Å². The van der Waals surface area contributed by atoms with Crippen molar-refractivity contribution in [1.29, 1.82) is 0 Å². The van der Waals surface area contributed by atoms with Crippen LogP contribution < -0.4 is 19.7 Å². The number of thioether (sulfide) groups is 1. The average Bonchev–Trinajstić information content (AvgIpc) is 3.42. The number of nitrogens with zero attached hydrogens (tertiary/aromatic N) is 2. The lowest BCUT2D eigenvalue weighted by Crippen LogP contribution is -2.41. The van der Waals surface area contributed by atoms with Crippen molar-refractivity contribution in [2.75, 3.05) is 44.6 Å². The van der Waals surface area contributed by atoms with Crippen LogP contribution in [0.2, 0.25) is 0 Å². The van der Waals surface area contributed by atoms with Crippen molar-refractivity contribution in [1.82, 2.24) is 5.32 Å². The van der Waals surface area contributed by atoms with Crippen LogP contribution in [0.5, 0.6) is 11.5 Å². The number of fused-ring (bicyclic) bond motifs is 3. The summed E-state index contributed by atoms with van der Waals surface area (Å²) in [4.78, 5) is 50.2. The van der Waals surface area contributed by atoms with Crippen molar-refractivity contribution in [2.24, 2.45) is 0 Å². The first-order valence-electron chi connectivity index (χ1n) is 14.9. The largest absolute Gasteiger partial charge is 0.493 e. The zero-order valence-corrected chi connectivity index (χ0v) is 27.0. The normalized spacial score (nSPS) is 11.6. The SMILES string of the molecule is COc1cc(CSCCN(C(=O)CNC(=O)OCC2c3ccccc3-c3ccccc32)c2ccc(C(=O)O)cc2)c([N+](=O)[O-])cc1OC. The molecule has 0 saturated heterocycles. The van der Waals surface area contributed by atoms with Crippen LogP contribution in [0.1, 0.15) is 33.0 Å². The lowest BCUT2D eigenvalue weighted by molar-refractivity contribution is -0.385. The van der Waals surface area contributed by atoms with Gasteiger partial charge in [-0.2, -0.15) is 11.8 Å². The Kier molecular flexibility index (Phi) is 10.8. The first kappa shape index (κ1) is 33.8. The molecule has 2 N–H and O–H groups in total. The van der Waals surface area contributed by atoms with Crippen LogP contribution in [-0.4, -0.2) is 67.7 Å². The predicted molar refractivity (Wildman–Crippen MR) is 181 cm³/mol. The van der Waals surface area contributed by atoms with Crippen LogP contribution in [0.25, 0.3) is 11.1 Å². The maximum Gasteiger partial charge on any atom is 0.407 e. The Morgan fingerprint density at radius 3 is 2.10 bits per heavy atom. The van der Waals surface area contributed by atoms with Crippen molar-refractivity contribution in [2.45, 2.75) is 11.7 Å². The molecule has 248 valence electrons. The molecule has 0 aromatic heterocycles. The summed E-state index contributed by atoms with van der Waals surface area (Å²) in [7, 11) is 2.84. The van der Waals surface area contributed by atoms with Gasteiger partial charge in [-0.15, -0.1) is 0 Å². The van der Waals surface area contributed by atoms with Gasteiger partial charge in [0.05, 0.1) is 30.8 Å². The molecule has 0 saturated carbocycles. The van der Waals surface area contributed by atoms with Crippen molar-refractivity contribution in [3.05, 3.63) is 117 Å². The van der Waals surface area contributed by atoms with E-state index in [1.807, 2.05) is 48.5 Å². The quantitative estimate of drug-likeness (QED) is 0.0910. The molecule has 0 bridgehead atoms. The molecule has 0 unspecified atom stereocenters. The number of anilines is 1. The van der Waals surface area contributed by atoms with Gasteiger partial charge in [0, 0.05) is 35.2 Å². The Morgan fingerprint density at radius 1 is 0.917 bits per heavy atom. The Hall–Kier alpha value is -5.56. The van der Waals surface area contributed by atoms with Gasteiger partial charge in [0.25, 0.3) is 5.69 Å². The standard InChI is InChI=1S/C35H33N3O9S/c1-45-31-17-23(30(38(43)44)18-32(31)46-2)21-48-16-15-37(24-13-11-22(12-14-24)34(40)41)33(39)19-36-35(42)47-20-29-27-9-5-3-7-25(27)26-8-4-6-10-28(26)29/h3-14,17-18,29H,15-16,19-21H2,1-2H3,(H,36,42)(H,40,41). The molecule has 13 heteroatoms. The molecule has 0 radical (unpaired) electrons. The summed E-state index contributed by atoms with van der Waals surface area (Å²) < 4.78 is 16.1. The molecular formula is C35H33N3O9S. The van der Waals surface area contributed by atoms with Gasteiger partial charge in [-0.05, 0) is 52.6 Å². The van der Waals surface area contributed by atoms with E-state index in [2.05, 4.69) is 5.32 Å². The maximum absolute atomic E-state index is 13.4. The molecule has 0 spiro atoms. The highest BCUT2D eigenvalue weighted by atomic mass is 32.2. The fourth-order valence-electron chi connectivity index (χ4n) is 5.61. The number of carbonyl (C=O) groups excluding carboxylic acids is 2. The van der Waals surface area contributed by atoms with Gasteiger partial charge in [0.1, 0.15) is 13.2 Å². The van der Waals surface area contributed by atoms with Crippen molar-refractivity contribution in [3.8, 4) is 22.6 Å². The van der Waals surface area contributed by atoms with E-state index in [1.165, 1.54) is 61.2 Å². The summed E-state index contributed by atoms with van der Waals surface area (Å²) in [6.45, 7) is -0.111. The molecular weight excluding hydrogens is 638 g/mol. The summed E-state index contributed by atoms with van der Waals surface area (Å²) in [5.74, 6) is -0.497. The molecule has 0 fully saturated rings. The topological polar surface area (TPSA) is 158 Å². The van der Waals surface area contributed by atoms with Gasteiger partial charge >= 0.3 is 12.1 Å². The number of nitrogens with one attached hydrogen (secondary N) is 1. The van der Waals surface area contributed by atoms with Gasteiger partial charge in [-0.1, -0.05) is 48.5 Å². The zero-order valence-electron chi connectivity index (χ0n) is 26.2. The fraction of sp³-hybridized carbons (Fsp3) is 0.229. The molecule has 0 aliphatic heterocycles. The molecule has 4 aromatic carbocycles. The number of nitro groups is 1. The number of aromatic carboxylic acids is 1. The van der Waals surface area contributed by atoms with Crippen LogP contribution in [0.3, 0.4) is 0 Å². The summed E-state index contributed by atoms with van der Waals surface area (Å²) in [6.07, 6.45) is -0.749. The minimum atomic E-state index is -1.11. The number of methoxy groups -OCH3 is 2. The number of nitro benzene ring substituents is 1. The lowest BCUT2D eigenvalue weighted by Gasteiger charge is -2.23. The second-order valence-corrected chi connectivity index (χ2v) is 11.8. The fourth-order valence-corrected chi connectivity index (χ4v) is 6.52. The Balaban J connectivity index is 1.22. The summed E-state index contributed by atoms with van der Waals surface area (Å²) in [5.41, 5.74) is 5.10. The highest BCUT2D eigenvalue weighted by molar-refractivity contribution is 7.98. The second kappa shape index (κ2) is 15.4. The van der Waals surface area contributed by atoms with E-state index in [9.17, 15) is 29.6 Å². The molecule has 1 aliphatic carbocycles. The Bertz CT molecular complexity index is 1790. The number of carboxylic acid groups (broad SMARTS) is 1. The number of carboxylic acids is 1. The third-order valence-corrected chi connectivity index (χ3v) is 8.94. The highest BCUT2D eigenvalue weighted by Gasteiger charge is 2.29. The lowest BCUT2D eigenvalue weighted by atomic mass is 9.98. The first-order valence-corrected chi connectivity index (χ1v) is 16.1. The van der Waals surface area contributed by atoms with Crippen molar-refractivity contribution >= 4 is 41.1 Å². The molecule has 4 aromatic rings. The number of alkyl carbamates (subject to hydrolysis) is 1. The number of carbonyl (C=O) groups is 3. The van der Waals surface area contributed by atoms with E-state index in [0.717, 1.165) is 22.3 Å². The zero-order chi connectivity index (χ0) is 34.2. The molecule has 0 heterocycles. The number of rotatable bonds is 14. The third-order valence-electron chi connectivity index (χ3n) is 7.95. The molecule has 2 amide bonds. The summed E-state index contributed by atoms with van der Waals surface area (Å²) in [6, 6.07) is 24.6. The first-order chi connectivity index (χ1) is 23.2. The number of ether oxygens (including phenoxy) is 3. The number of hydrogen-bond donors (Lipinski definition) is 2. The second-order valence-electron chi connectivity index (χ2n) is 10.7. The number of hydrogen-bond acceptors (Lipinski definition) is 9. The molecule has 48 heavy (non-hydrogen) atoms. The predicted octanol–water partition coefficient (Wildman–Crippen LogP) is 6.12. The van der Waals surface area contributed by atoms with E-state index in [-0.39, 0.29) is 48.4 Å². The van der Waals surface area contributed by atoms with Crippen molar-refractivity contribution in [3.63, 3.8) is 0 Å². The van der Waals surface area contributed by atoms with Crippen LogP contribution in [0.15, 0.2) is 84.9 Å². The van der Waals surface area contributed by atoms with Crippen LogP contribution in [0, 0.1) is 10.1 Å². The van der Waals surface area contributed by atoms with Gasteiger partial charge in [0.2, 0.25) is 5.91 Å². The minimum Gasteiger partial charge on any atom is -0.493 e. The van der Waals surface area contributed by atoms with Gasteiger partial charge in [-0.3, -0.25) is 14.9 Å².